The smallest absolute Gasteiger partial charge is 0.00941 e. The SMILES string of the molecule is CCc1ccc(CC=Cc2ccc(C)cc2)cc1. The van der Waals surface area contributed by atoms with E-state index in [1.54, 1.807) is 0 Å². The first-order chi connectivity index (χ1) is 8.78. The summed E-state index contributed by atoms with van der Waals surface area (Å²) in [6.07, 6.45) is 6.52. The predicted molar refractivity (Wildman–Crippen MR) is 79.7 cm³/mol. The lowest BCUT2D eigenvalue weighted by Crippen LogP contribution is -1.83. The zero-order valence-electron chi connectivity index (χ0n) is 11.2. The second-order valence-corrected chi connectivity index (χ2v) is 4.69. The van der Waals surface area contributed by atoms with Gasteiger partial charge in [0.1, 0.15) is 0 Å². The van der Waals surface area contributed by atoms with E-state index in [2.05, 4.69) is 74.5 Å². The summed E-state index contributed by atoms with van der Waals surface area (Å²) in [5.41, 5.74) is 5.35. The molecule has 2 aromatic rings. The molecule has 0 nitrogen and oxygen atoms in total. The molecule has 0 unspecified atom stereocenters. The van der Waals surface area contributed by atoms with Crippen LogP contribution in [0.25, 0.3) is 6.08 Å². The van der Waals surface area contributed by atoms with Crippen molar-refractivity contribution in [2.45, 2.75) is 26.7 Å². The number of allylic oxidation sites excluding steroid dienone is 1. The first kappa shape index (κ1) is 12.6. The van der Waals surface area contributed by atoms with Crippen molar-refractivity contribution in [3.8, 4) is 0 Å². The van der Waals surface area contributed by atoms with Crippen LogP contribution in [0, 0.1) is 6.92 Å². The van der Waals surface area contributed by atoms with Gasteiger partial charge >= 0.3 is 0 Å². The molecule has 0 saturated carbocycles. The first-order valence-electron chi connectivity index (χ1n) is 6.59. The third kappa shape index (κ3) is 3.59. The van der Waals surface area contributed by atoms with Crippen molar-refractivity contribution >= 4 is 6.08 Å². The Kier molecular flexibility index (Phi) is 4.35. The fourth-order valence-corrected chi connectivity index (χ4v) is 1.92. The maximum Gasteiger partial charge on any atom is -0.00941 e. The quantitative estimate of drug-likeness (QED) is 0.714. The molecule has 0 aliphatic rings. The molecule has 0 aromatic heterocycles. The number of hydrogen-bond acceptors (Lipinski definition) is 0. The van der Waals surface area contributed by atoms with Gasteiger partial charge < -0.3 is 0 Å². The Balaban J connectivity index is 1.95. The first-order valence-corrected chi connectivity index (χ1v) is 6.59. The monoisotopic (exact) mass is 236 g/mol. The van der Waals surface area contributed by atoms with Crippen molar-refractivity contribution in [1.29, 1.82) is 0 Å². The average molecular weight is 236 g/mol. The van der Waals surface area contributed by atoms with Gasteiger partial charge in [0.2, 0.25) is 0 Å². The summed E-state index contributed by atoms with van der Waals surface area (Å²) in [6, 6.07) is 17.5. The minimum absolute atomic E-state index is 0.998. The van der Waals surface area contributed by atoms with E-state index in [9.17, 15) is 0 Å². The number of hydrogen-bond donors (Lipinski definition) is 0. The molecule has 0 spiro atoms. The summed E-state index contributed by atoms with van der Waals surface area (Å²) in [5.74, 6) is 0. The third-order valence-electron chi connectivity index (χ3n) is 3.17. The zero-order chi connectivity index (χ0) is 12.8. The normalized spacial score (nSPS) is 11.0. The maximum atomic E-state index is 2.23. The minimum Gasteiger partial charge on any atom is -0.0795 e. The molecule has 0 bridgehead atoms. The van der Waals surface area contributed by atoms with E-state index < -0.39 is 0 Å². The molecular formula is C18H20. The van der Waals surface area contributed by atoms with Crippen LogP contribution in [0.1, 0.15) is 29.2 Å². The summed E-state index contributed by atoms with van der Waals surface area (Å²) < 4.78 is 0. The Morgan fingerprint density at radius 3 is 2.06 bits per heavy atom. The van der Waals surface area contributed by atoms with Crippen LogP contribution in [0.3, 0.4) is 0 Å². The van der Waals surface area contributed by atoms with E-state index in [0.29, 0.717) is 0 Å². The highest BCUT2D eigenvalue weighted by atomic mass is 14.0. The molecule has 0 fully saturated rings. The Morgan fingerprint density at radius 1 is 0.833 bits per heavy atom. The molecule has 0 saturated heterocycles. The number of rotatable bonds is 4. The van der Waals surface area contributed by atoms with E-state index in [-0.39, 0.29) is 0 Å². The largest absolute Gasteiger partial charge is 0.0795 e. The highest BCUT2D eigenvalue weighted by Crippen LogP contribution is 2.09. The minimum atomic E-state index is 0.998. The van der Waals surface area contributed by atoms with Crippen molar-refractivity contribution in [2.75, 3.05) is 0 Å². The van der Waals surface area contributed by atoms with E-state index >= 15 is 0 Å². The Hall–Kier alpha value is -1.82. The van der Waals surface area contributed by atoms with Gasteiger partial charge in [0.05, 0.1) is 0 Å². The zero-order valence-corrected chi connectivity index (χ0v) is 11.2. The highest BCUT2D eigenvalue weighted by Gasteiger charge is 1.91. The molecule has 0 heteroatoms. The Labute approximate surface area is 110 Å². The fourth-order valence-electron chi connectivity index (χ4n) is 1.92. The van der Waals surface area contributed by atoms with E-state index in [1.165, 1.54) is 22.3 Å². The molecule has 0 heterocycles. The third-order valence-corrected chi connectivity index (χ3v) is 3.17. The van der Waals surface area contributed by atoms with Crippen molar-refractivity contribution < 1.29 is 0 Å². The van der Waals surface area contributed by atoms with Crippen LogP contribution >= 0.6 is 0 Å². The Bertz CT molecular complexity index is 501. The molecule has 0 radical (unpaired) electrons. The van der Waals surface area contributed by atoms with Crippen molar-refractivity contribution in [1.82, 2.24) is 0 Å². The van der Waals surface area contributed by atoms with Gasteiger partial charge in [0.15, 0.2) is 0 Å². The van der Waals surface area contributed by atoms with Crippen LogP contribution in [0.5, 0.6) is 0 Å². The highest BCUT2D eigenvalue weighted by molar-refractivity contribution is 5.50. The second-order valence-electron chi connectivity index (χ2n) is 4.69. The van der Waals surface area contributed by atoms with Crippen molar-refractivity contribution in [3.05, 3.63) is 76.9 Å². The molecule has 2 aromatic carbocycles. The lowest BCUT2D eigenvalue weighted by atomic mass is 10.1. The van der Waals surface area contributed by atoms with Gasteiger partial charge in [-0.15, -0.1) is 0 Å². The maximum absolute atomic E-state index is 2.23. The van der Waals surface area contributed by atoms with E-state index in [0.717, 1.165) is 12.8 Å². The predicted octanol–water partition coefficient (Wildman–Crippen LogP) is 4.81. The number of aryl methyl sites for hydroxylation is 2. The van der Waals surface area contributed by atoms with E-state index in [1.807, 2.05) is 0 Å². The van der Waals surface area contributed by atoms with Crippen LogP contribution in [0.15, 0.2) is 54.6 Å². The Morgan fingerprint density at radius 2 is 1.44 bits per heavy atom. The molecule has 0 N–H and O–H groups in total. The van der Waals surface area contributed by atoms with Gasteiger partial charge in [0.25, 0.3) is 0 Å². The van der Waals surface area contributed by atoms with Crippen molar-refractivity contribution in [3.63, 3.8) is 0 Å². The molecule has 0 amide bonds. The molecule has 92 valence electrons. The van der Waals surface area contributed by atoms with Gasteiger partial charge in [-0.05, 0) is 36.5 Å². The summed E-state index contributed by atoms with van der Waals surface area (Å²) in [5, 5.41) is 0. The van der Waals surface area contributed by atoms with Crippen LogP contribution in [0.4, 0.5) is 0 Å². The lowest BCUT2D eigenvalue weighted by molar-refractivity contribution is 1.13. The molecule has 0 aliphatic heterocycles. The summed E-state index contributed by atoms with van der Waals surface area (Å²) >= 11 is 0. The summed E-state index contributed by atoms with van der Waals surface area (Å²) in [7, 11) is 0. The number of benzene rings is 2. The molecular weight excluding hydrogens is 216 g/mol. The van der Waals surface area contributed by atoms with Gasteiger partial charge in [-0.3, -0.25) is 0 Å². The van der Waals surface area contributed by atoms with Crippen LogP contribution in [0.2, 0.25) is 0 Å². The topological polar surface area (TPSA) is 0 Å². The molecule has 0 atom stereocenters. The van der Waals surface area contributed by atoms with Crippen LogP contribution < -0.4 is 0 Å². The summed E-state index contributed by atoms with van der Waals surface area (Å²) in [6.45, 7) is 4.30. The van der Waals surface area contributed by atoms with Gasteiger partial charge in [-0.25, -0.2) is 0 Å². The van der Waals surface area contributed by atoms with Crippen LogP contribution in [-0.4, -0.2) is 0 Å². The van der Waals surface area contributed by atoms with Crippen molar-refractivity contribution in [2.24, 2.45) is 0 Å². The summed E-state index contributed by atoms with van der Waals surface area (Å²) in [4.78, 5) is 0. The van der Waals surface area contributed by atoms with Gasteiger partial charge in [0, 0.05) is 0 Å². The molecule has 0 aliphatic carbocycles. The average Bonchev–Trinajstić information content (AvgIpc) is 2.42. The van der Waals surface area contributed by atoms with Gasteiger partial charge in [-0.1, -0.05) is 73.2 Å². The standard InChI is InChI=1S/C18H20/c1-3-16-11-13-18(14-12-16)6-4-5-17-9-7-15(2)8-10-17/h4-5,7-14H,3,6H2,1-2H3. The lowest BCUT2D eigenvalue weighted by Gasteiger charge is -1.99. The molecule has 18 heavy (non-hydrogen) atoms. The van der Waals surface area contributed by atoms with Gasteiger partial charge in [-0.2, -0.15) is 0 Å². The van der Waals surface area contributed by atoms with E-state index in [4.69, 9.17) is 0 Å². The van der Waals surface area contributed by atoms with Crippen LogP contribution in [-0.2, 0) is 12.8 Å². The molecule has 2 rings (SSSR count). The second kappa shape index (κ2) is 6.20. The fraction of sp³-hybridized carbons (Fsp3) is 0.222.